The standard InChI is InChI=1S/C15H19I2NO3S/c1-10-15(2,3)14-12(17)8-11(16)9-13(14)18(10)6-4-5-7-22(19,20)21/h8-9H,4-7H2,1-3H3/p+1. The van der Waals surface area contributed by atoms with Crippen LogP contribution in [0.3, 0.4) is 0 Å². The van der Waals surface area contributed by atoms with Gasteiger partial charge in [-0.25, -0.2) is 0 Å². The van der Waals surface area contributed by atoms with E-state index in [1.807, 2.05) is 0 Å². The van der Waals surface area contributed by atoms with E-state index in [1.165, 1.54) is 24.1 Å². The molecule has 1 aromatic rings. The highest BCUT2D eigenvalue weighted by Crippen LogP contribution is 2.43. The lowest BCUT2D eigenvalue weighted by Gasteiger charge is -2.16. The summed E-state index contributed by atoms with van der Waals surface area (Å²) in [6, 6.07) is 4.38. The first-order chi connectivity index (χ1) is 10.0. The fourth-order valence-corrected chi connectivity index (χ4v) is 5.99. The van der Waals surface area contributed by atoms with Gasteiger partial charge in [0.25, 0.3) is 10.1 Å². The van der Waals surface area contributed by atoms with Crippen molar-refractivity contribution in [1.29, 1.82) is 0 Å². The van der Waals surface area contributed by atoms with Crippen molar-refractivity contribution < 1.29 is 17.5 Å². The number of nitrogens with zero attached hydrogens (tertiary/aromatic N) is 1. The van der Waals surface area contributed by atoms with Gasteiger partial charge in [-0.1, -0.05) is 0 Å². The van der Waals surface area contributed by atoms with Gasteiger partial charge in [0.15, 0.2) is 5.71 Å². The first-order valence-electron chi connectivity index (χ1n) is 7.10. The van der Waals surface area contributed by atoms with Gasteiger partial charge in [0.1, 0.15) is 6.54 Å². The average molecular weight is 548 g/mol. The molecular weight excluding hydrogens is 528 g/mol. The minimum absolute atomic E-state index is 0.0146. The van der Waals surface area contributed by atoms with E-state index in [1.54, 1.807) is 0 Å². The Morgan fingerprint density at radius 2 is 1.86 bits per heavy atom. The molecule has 1 heterocycles. The lowest BCUT2D eigenvalue weighted by molar-refractivity contribution is -0.439. The van der Waals surface area contributed by atoms with E-state index < -0.39 is 10.1 Å². The van der Waals surface area contributed by atoms with E-state index in [0.717, 1.165) is 13.0 Å². The average Bonchev–Trinajstić information content (AvgIpc) is 2.53. The number of hydrogen-bond donors (Lipinski definition) is 1. The van der Waals surface area contributed by atoms with Crippen molar-refractivity contribution in [2.45, 2.75) is 39.0 Å². The zero-order valence-electron chi connectivity index (χ0n) is 12.9. The van der Waals surface area contributed by atoms with Crippen molar-refractivity contribution in [2.75, 3.05) is 12.3 Å². The highest BCUT2D eigenvalue weighted by Gasteiger charge is 2.44. The number of halogens is 2. The molecule has 7 heteroatoms. The lowest BCUT2D eigenvalue weighted by Crippen LogP contribution is -2.27. The molecule has 0 saturated carbocycles. The Bertz CT molecular complexity index is 739. The minimum atomic E-state index is -3.86. The summed E-state index contributed by atoms with van der Waals surface area (Å²) < 4.78 is 35.2. The molecule has 1 aliphatic rings. The summed E-state index contributed by atoms with van der Waals surface area (Å²) >= 11 is 4.73. The quantitative estimate of drug-likeness (QED) is 0.263. The van der Waals surface area contributed by atoms with Gasteiger partial charge < -0.3 is 0 Å². The number of hydrogen-bond acceptors (Lipinski definition) is 2. The molecule has 0 aliphatic carbocycles. The molecule has 22 heavy (non-hydrogen) atoms. The van der Waals surface area contributed by atoms with E-state index >= 15 is 0 Å². The van der Waals surface area contributed by atoms with Crippen molar-refractivity contribution in [1.82, 2.24) is 0 Å². The van der Waals surface area contributed by atoms with Crippen molar-refractivity contribution in [3.05, 3.63) is 24.8 Å². The molecule has 1 aliphatic heterocycles. The van der Waals surface area contributed by atoms with E-state index in [9.17, 15) is 8.42 Å². The molecule has 1 aromatic carbocycles. The van der Waals surface area contributed by atoms with Gasteiger partial charge in [-0.3, -0.25) is 4.55 Å². The maximum absolute atomic E-state index is 10.8. The second-order valence-electron chi connectivity index (χ2n) is 6.14. The topological polar surface area (TPSA) is 57.4 Å². The van der Waals surface area contributed by atoms with Gasteiger partial charge in [0, 0.05) is 26.6 Å². The maximum Gasteiger partial charge on any atom is 0.264 e. The summed E-state index contributed by atoms with van der Waals surface area (Å²) in [5.41, 5.74) is 3.85. The summed E-state index contributed by atoms with van der Waals surface area (Å²) in [5.74, 6) is -0.167. The Hall–Kier alpha value is 0.260. The fourth-order valence-electron chi connectivity index (χ4n) is 2.93. The van der Waals surface area contributed by atoms with Crippen LogP contribution in [0.1, 0.15) is 39.2 Å². The first-order valence-corrected chi connectivity index (χ1v) is 10.9. The highest BCUT2D eigenvalue weighted by molar-refractivity contribution is 14.1. The summed E-state index contributed by atoms with van der Waals surface area (Å²) in [6.45, 7) is 7.38. The predicted octanol–water partition coefficient (Wildman–Crippen LogP) is 3.96. The summed E-state index contributed by atoms with van der Waals surface area (Å²) in [5, 5.41) is 0. The van der Waals surface area contributed by atoms with Crippen LogP contribution in [-0.2, 0) is 15.5 Å². The molecule has 0 aromatic heterocycles. The zero-order valence-corrected chi connectivity index (χ0v) is 18.0. The van der Waals surface area contributed by atoms with Gasteiger partial charge in [0.2, 0.25) is 5.69 Å². The van der Waals surface area contributed by atoms with E-state index in [0.29, 0.717) is 6.42 Å². The molecule has 2 rings (SSSR count). The predicted molar refractivity (Wildman–Crippen MR) is 106 cm³/mol. The SMILES string of the molecule is CC1=[N+](CCCCS(=O)(=O)O)c2cc(I)cc(I)c2C1(C)C. The summed E-state index contributed by atoms with van der Waals surface area (Å²) in [6.07, 6.45) is 1.20. The molecule has 0 unspecified atom stereocenters. The maximum atomic E-state index is 10.8. The third-order valence-electron chi connectivity index (χ3n) is 4.29. The third-order valence-corrected chi connectivity index (χ3v) is 6.57. The molecule has 0 bridgehead atoms. The Morgan fingerprint density at radius 3 is 2.45 bits per heavy atom. The van der Waals surface area contributed by atoms with Crippen LogP contribution in [0, 0.1) is 7.14 Å². The van der Waals surface area contributed by atoms with E-state index in [2.05, 4.69) is 82.7 Å². The Morgan fingerprint density at radius 1 is 1.23 bits per heavy atom. The van der Waals surface area contributed by atoms with Crippen molar-refractivity contribution in [3.63, 3.8) is 0 Å². The van der Waals surface area contributed by atoms with Crippen LogP contribution in [0.4, 0.5) is 5.69 Å². The molecule has 0 saturated heterocycles. The number of unbranched alkanes of at least 4 members (excludes halogenated alkanes) is 1. The summed E-state index contributed by atoms with van der Waals surface area (Å²) in [7, 11) is -3.86. The molecule has 0 fully saturated rings. The van der Waals surface area contributed by atoms with Crippen molar-refractivity contribution >= 4 is 66.7 Å². The lowest BCUT2D eigenvalue weighted by atomic mass is 9.82. The summed E-state index contributed by atoms with van der Waals surface area (Å²) in [4.78, 5) is 0. The van der Waals surface area contributed by atoms with Crippen molar-refractivity contribution in [2.24, 2.45) is 0 Å². The molecule has 0 amide bonds. The van der Waals surface area contributed by atoms with E-state index in [4.69, 9.17) is 4.55 Å². The molecule has 0 atom stereocenters. The van der Waals surface area contributed by atoms with Gasteiger partial charge in [0.05, 0.1) is 16.7 Å². The zero-order chi connectivity index (χ0) is 16.7. The first kappa shape index (κ1) is 18.6. The Kier molecular flexibility index (Phi) is 5.61. The molecular formula is C15H20I2NO3S+. The molecule has 0 radical (unpaired) electrons. The van der Waals surface area contributed by atoms with Crippen LogP contribution < -0.4 is 0 Å². The fraction of sp³-hybridized carbons (Fsp3) is 0.533. The Balaban J connectivity index is 2.27. The number of fused-ring (bicyclic) bond motifs is 1. The van der Waals surface area contributed by atoms with Crippen LogP contribution >= 0.6 is 45.2 Å². The normalized spacial score (nSPS) is 17.0. The van der Waals surface area contributed by atoms with Crippen LogP contribution in [-0.4, -0.2) is 35.6 Å². The number of benzene rings is 1. The van der Waals surface area contributed by atoms with Gasteiger partial charge >= 0.3 is 0 Å². The van der Waals surface area contributed by atoms with Crippen LogP contribution in [0.25, 0.3) is 0 Å². The third kappa shape index (κ3) is 3.84. The van der Waals surface area contributed by atoms with Crippen LogP contribution in [0.2, 0.25) is 0 Å². The highest BCUT2D eigenvalue weighted by atomic mass is 127. The van der Waals surface area contributed by atoms with E-state index in [-0.39, 0.29) is 11.2 Å². The van der Waals surface area contributed by atoms with Gasteiger partial charge in [-0.2, -0.15) is 13.0 Å². The second-order valence-corrected chi connectivity index (χ2v) is 10.1. The van der Waals surface area contributed by atoms with Gasteiger partial charge in [-0.05, 0) is 71.5 Å². The molecule has 4 nitrogen and oxygen atoms in total. The van der Waals surface area contributed by atoms with Crippen LogP contribution in [0.5, 0.6) is 0 Å². The second kappa shape index (κ2) is 6.64. The van der Waals surface area contributed by atoms with Crippen molar-refractivity contribution in [3.8, 4) is 0 Å². The van der Waals surface area contributed by atoms with Gasteiger partial charge in [-0.15, -0.1) is 0 Å². The molecule has 122 valence electrons. The Labute approximate surface area is 159 Å². The minimum Gasteiger partial charge on any atom is -0.286 e. The molecule has 0 spiro atoms. The largest absolute Gasteiger partial charge is 0.286 e. The number of rotatable bonds is 5. The monoisotopic (exact) mass is 548 g/mol. The smallest absolute Gasteiger partial charge is 0.264 e. The molecule has 1 N–H and O–H groups in total. The van der Waals surface area contributed by atoms with Crippen LogP contribution in [0.15, 0.2) is 12.1 Å².